The van der Waals surface area contributed by atoms with Crippen LogP contribution in [0.25, 0.3) is 27.5 Å². The zero-order valence-electron chi connectivity index (χ0n) is 29.8. The summed E-state index contributed by atoms with van der Waals surface area (Å²) >= 11 is 6.59. The quantitative estimate of drug-likeness (QED) is 0.150. The molecule has 3 aromatic heterocycles. The fourth-order valence-corrected chi connectivity index (χ4v) is 8.80. The van der Waals surface area contributed by atoms with E-state index in [1.165, 1.54) is 49.2 Å². The van der Waals surface area contributed by atoms with Gasteiger partial charge in [0.15, 0.2) is 5.82 Å². The van der Waals surface area contributed by atoms with E-state index in [1.54, 1.807) is 0 Å². The molecule has 3 aromatic carbocycles. The molecule has 1 amide bonds. The lowest BCUT2D eigenvalue weighted by molar-refractivity contribution is -0.122. The van der Waals surface area contributed by atoms with Gasteiger partial charge in [-0.25, -0.2) is 35.6 Å². The maximum Gasteiger partial charge on any atom is 0.293 e. The molecule has 1 saturated carbocycles. The summed E-state index contributed by atoms with van der Waals surface area (Å²) in [6.07, 6.45) is -3.23. The van der Waals surface area contributed by atoms with Gasteiger partial charge in [-0.05, 0) is 60.7 Å². The number of rotatable bonds is 11. The molecule has 0 bridgehead atoms. The molecular formula is C36H29ClF6N8O5S. The van der Waals surface area contributed by atoms with Crippen molar-refractivity contribution in [2.45, 2.75) is 43.1 Å². The molecule has 13 nitrogen and oxygen atoms in total. The number of nitrogens with zero attached hydrogens (tertiary/aromatic N) is 6. The average Bonchev–Trinajstić information content (AvgIpc) is 3.65. The standard InChI is InChI=1S/C36H29ClF6N8O5S/c1-49-29-22(8-7-21(37)25(29)33(47-49)48-57(3,54)55)50-34(45-26-17(35(50)53)5-4-6-23(26)56-2)19(11-14-9-15(38)12-16(39)10-14)28(32(44)52)51-30-24(27(46-51)31(40)41)18-13-20(18)36(30,42)43/h4-10,12,18-20,28,31H,11,13H2,1-3H3,(H2,44,52)(H,47,48)/t18-,19-,20+,28?/m0/s1. The van der Waals surface area contributed by atoms with Crippen molar-refractivity contribution in [3.05, 3.63) is 104 Å². The van der Waals surface area contributed by atoms with E-state index < -0.39 is 98.5 Å². The van der Waals surface area contributed by atoms with Gasteiger partial charge in [0.05, 0.1) is 46.3 Å². The van der Waals surface area contributed by atoms with Crippen molar-refractivity contribution in [3.63, 3.8) is 0 Å². The number of amides is 1. The lowest BCUT2D eigenvalue weighted by atomic mass is 9.89. The van der Waals surface area contributed by atoms with Crippen LogP contribution in [0.4, 0.5) is 32.2 Å². The molecule has 3 N–H and O–H groups in total. The number of halogens is 7. The first kappa shape index (κ1) is 38.3. The van der Waals surface area contributed by atoms with Gasteiger partial charge in [0, 0.05) is 24.6 Å². The van der Waals surface area contributed by atoms with E-state index in [-0.39, 0.29) is 56.1 Å². The van der Waals surface area contributed by atoms with Crippen LogP contribution in [-0.4, -0.2) is 56.8 Å². The molecule has 8 rings (SSSR count). The monoisotopic (exact) mass is 834 g/mol. The Hall–Kier alpha value is -5.63. The summed E-state index contributed by atoms with van der Waals surface area (Å²) in [6.45, 7) is 0. The highest BCUT2D eigenvalue weighted by Crippen LogP contribution is 2.68. The van der Waals surface area contributed by atoms with E-state index in [1.807, 2.05) is 0 Å². The van der Waals surface area contributed by atoms with Crippen molar-refractivity contribution in [1.29, 1.82) is 0 Å². The number of nitrogens with one attached hydrogen (secondary N) is 1. The van der Waals surface area contributed by atoms with Gasteiger partial charge in [0.1, 0.15) is 46.2 Å². The Labute approximate surface area is 323 Å². The second-order valence-corrected chi connectivity index (χ2v) is 16.2. The number of aromatic nitrogens is 6. The third kappa shape index (κ3) is 6.16. The number of alkyl halides is 4. The maximum absolute atomic E-state index is 16.1. The maximum atomic E-state index is 16.1. The van der Waals surface area contributed by atoms with E-state index in [0.717, 1.165) is 23.0 Å². The lowest BCUT2D eigenvalue weighted by Crippen LogP contribution is -2.39. The van der Waals surface area contributed by atoms with Gasteiger partial charge in [-0.15, -0.1) is 0 Å². The Kier molecular flexibility index (Phi) is 8.87. The number of aryl methyl sites for hydroxylation is 1. The molecule has 3 heterocycles. The number of para-hydroxylation sites is 1. The number of hydrogen-bond acceptors (Lipinski definition) is 8. The molecule has 4 atom stereocenters. The second-order valence-electron chi connectivity index (χ2n) is 14.0. The van der Waals surface area contributed by atoms with Crippen LogP contribution in [-0.2, 0) is 34.2 Å². The van der Waals surface area contributed by atoms with Gasteiger partial charge in [0.2, 0.25) is 15.9 Å². The van der Waals surface area contributed by atoms with Crippen molar-refractivity contribution in [2.75, 3.05) is 18.1 Å². The summed E-state index contributed by atoms with van der Waals surface area (Å²) in [5, 5.41) is 8.06. The predicted molar refractivity (Wildman–Crippen MR) is 195 cm³/mol. The fraction of sp³-hybridized carbons (Fsp3) is 0.306. The number of sulfonamides is 1. The zero-order chi connectivity index (χ0) is 41.0. The molecule has 57 heavy (non-hydrogen) atoms. The predicted octanol–water partition coefficient (Wildman–Crippen LogP) is 5.98. The SMILES string of the molecule is COc1cccc2c(=O)n(-c3ccc(Cl)c4c(NS(C)(=O)=O)nn(C)c34)c([C@@H](Cc3cc(F)cc(F)c3)C(C(N)=O)n3nc(C(F)F)c4c3C(F)(F)[C@@H]3C[C@H]43)nc12. The molecule has 2 aliphatic rings. The third-order valence-corrected chi connectivity index (χ3v) is 11.2. The largest absolute Gasteiger partial charge is 0.494 e. The molecular weight excluding hydrogens is 806 g/mol. The van der Waals surface area contributed by atoms with Crippen LogP contribution in [0.2, 0.25) is 5.02 Å². The summed E-state index contributed by atoms with van der Waals surface area (Å²) in [7, 11) is -1.26. The zero-order valence-corrected chi connectivity index (χ0v) is 31.3. The van der Waals surface area contributed by atoms with Crippen molar-refractivity contribution in [2.24, 2.45) is 18.7 Å². The van der Waals surface area contributed by atoms with Gasteiger partial charge >= 0.3 is 0 Å². The summed E-state index contributed by atoms with van der Waals surface area (Å²) in [6, 6.07) is 7.19. The molecule has 1 fully saturated rings. The number of hydrogen-bond donors (Lipinski definition) is 2. The Morgan fingerprint density at radius 2 is 1.82 bits per heavy atom. The molecule has 298 valence electrons. The number of nitrogens with two attached hydrogens (primary N) is 1. The van der Waals surface area contributed by atoms with Crippen LogP contribution < -0.4 is 20.8 Å². The molecule has 6 aromatic rings. The number of benzene rings is 3. The van der Waals surface area contributed by atoms with Gasteiger partial charge in [-0.1, -0.05) is 17.7 Å². The molecule has 0 aliphatic heterocycles. The third-order valence-electron chi connectivity index (χ3n) is 10.3. The van der Waals surface area contributed by atoms with Crippen LogP contribution >= 0.6 is 11.6 Å². The first-order valence-electron chi connectivity index (χ1n) is 17.1. The van der Waals surface area contributed by atoms with Crippen molar-refractivity contribution < 1.29 is 44.3 Å². The molecule has 1 unspecified atom stereocenters. The molecule has 21 heteroatoms. The number of carbonyl (C=O) groups is 1. The highest BCUT2D eigenvalue weighted by atomic mass is 35.5. The molecule has 2 aliphatic carbocycles. The number of fused-ring (bicyclic) bond motifs is 5. The Morgan fingerprint density at radius 1 is 1.12 bits per heavy atom. The highest BCUT2D eigenvalue weighted by molar-refractivity contribution is 7.92. The van der Waals surface area contributed by atoms with Gasteiger partial charge in [-0.3, -0.25) is 23.6 Å². The normalized spacial score (nSPS) is 18.2. The topological polar surface area (TPSA) is 169 Å². The fourth-order valence-electron chi connectivity index (χ4n) is 8.06. The van der Waals surface area contributed by atoms with Gasteiger partial charge < -0.3 is 10.5 Å². The summed E-state index contributed by atoms with van der Waals surface area (Å²) in [4.78, 5) is 33.5. The van der Waals surface area contributed by atoms with Gasteiger partial charge in [0.25, 0.3) is 17.9 Å². The minimum absolute atomic E-state index is 0.00576. The average molecular weight is 835 g/mol. The molecule has 0 saturated heterocycles. The van der Waals surface area contributed by atoms with Crippen LogP contribution in [0.5, 0.6) is 5.75 Å². The Morgan fingerprint density at radius 3 is 2.46 bits per heavy atom. The van der Waals surface area contributed by atoms with Crippen LogP contribution in [0, 0.1) is 17.6 Å². The molecule has 0 radical (unpaired) electrons. The number of carbonyl (C=O) groups excluding carboxylic acids is 1. The summed E-state index contributed by atoms with van der Waals surface area (Å²) < 4.78 is 126. The van der Waals surface area contributed by atoms with Crippen LogP contribution in [0.1, 0.15) is 59.1 Å². The number of ether oxygens (including phenoxy) is 1. The number of primary amides is 1. The van der Waals surface area contributed by atoms with Crippen molar-refractivity contribution in [3.8, 4) is 11.4 Å². The summed E-state index contributed by atoms with van der Waals surface area (Å²) in [5.74, 6) is -12.0. The lowest BCUT2D eigenvalue weighted by Gasteiger charge is -2.30. The van der Waals surface area contributed by atoms with Crippen molar-refractivity contribution >= 4 is 55.2 Å². The van der Waals surface area contributed by atoms with E-state index in [4.69, 9.17) is 27.1 Å². The van der Waals surface area contributed by atoms with E-state index in [9.17, 15) is 35.6 Å². The Balaban J connectivity index is 1.50. The number of methoxy groups -OCH3 is 1. The van der Waals surface area contributed by atoms with E-state index in [0.29, 0.717) is 10.7 Å². The summed E-state index contributed by atoms with van der Waals surface area (Å²) in [5.41, 5.74) is 2.44. The Bertz CT molecular complexity index is 2840. The highest BCUT2D eigenvalue weighted by Gasteiger charge is 2.67. The molecule has 0 spiro atoms. The van der Waals surface area contributed by atoms with E-state index in [2.05, 4.69) is 14.9 Å². The van der Waals surface area contributed by atoms with Crippen LogP contribution in [0.3, 0.4) is 0 Å². The van der Waals surface area contributed by atoms with E-state index >= 15 is 8.78 Å². The van der Waals surface area contributed by atoms with Gasteiger partial charge in [-0.2, -0.15) is 19.0 Å². The van der Waals surface area contributed by atoms with Crippen molar-refractivity contribution in [1.82, 2.24) is 29.1 Å². The second kappa shape index (κ2) is 13.2. The first-order valence-corrected chi connectivity index (χ1v) is 19.3. The smallest absolute Gasteiger partial charge is 0.293 e. The van der Waals surface area contributed by atoms with Crippen LogP contribution in [0.15, 0.2) is 53.3 Å². The minimum atomic E-state index is -3.94. The first-order chi connectivity index (χ1) is 26.8. The number of anilines is 1. The minimum Gasteiger partial charge on any atom is -0.494 e.